The van der Waals surface area contributed by atoms with Crippen molar-refractivity contribution in [2.75, 3.05) is 0 Å². The Kier molecular flexibility index (Phi) is 2.56. The first kappa shape index (κ1) is 11.8. The van der Waals surface area contributed by atoms with Crippen LogP contribution in [0, 0.1) is 20.8 Å². The Morgan fingerprint density at radius 1 is 1.00 bits per heavy atom. The van der Waals surface area contributed by atoms with Crippen LogP contribution in [0.2, 0.25) is 0 Å². The van der Waals surface area contributed by atoms with Crippen molar-refractivity contribution in [2.24, 2.45) is 0 Å². The molecule has 0 aliphatic heterocycles. The van der Waals surface area contributed by atoms with Crippen LogP contribution in [-0.2, 0) is 0 Å². The van der Waals surface area contributed by atoms with Crippen LogP contribution in [0.1, 0.15) is 16.7 Å². The summed E-state index contributed by atoms with van der Waals surface area (Å²) < 4.78 is 0. The van der Waals surface area contributed by atoms with E-state index in [0.29, 0.717) is 5.75 Å². The number of phenols is 1. The summed E-state index contributed by atoms with van der Waals surface area (Å²) in [6, 6.07) is 9.83. The fourth-order valence-corrected chi connectivity index (χ4v) is 2.36. The summed E-state index contributed by atoms with van der Waals surface area (Å²) >= 11 is 0. The zero-order valence-electron chi connectivity index (χ0n) is 11.3. The molecule has 0 spiro atoms. The first-order chi connectivity index (χ1) is 9.04. The molecule has 1 heterocycles. The van der Waals surface area contributed by atoms with Crippen molar-refractivity contribution < 1.29 is 5.11 Å². The number of nitrogens with one attached hydrogen (secondary N) is 1. The van der Waals surface area contributed by atoms with E-state index in [0.717, 1.165) is 33.5 Å². The lowest BCUT2D eigenvalue weighted by atomic mass is 10.1. The molecule has 0 aliphatic rings. The van der Waals surface area contributed by atoms with Crippen LogP contribution in [-0.4, -0.2) is 15.1 Å². The molecule has 3 rings (SSSR count). The Balaban J connectivity index is 2.20. The average molecular weight is 252 g/mol. The van der Waals surface area contributed by atoms with E-state index in [9.17, 15) is 5.11 Å². The minimum absolute atomic E-state index is 0.297. The molecule has 2 aromatic carbocycles. The molecule has 0 saturated heterocycles. The van der Waals surface area contributed by atoms with Crippen molar-refractivity contribution in [2.45, 2.75) is 20.8 Å². The van der Waals surface area contributed by atoms with E-state index < -0.39 is 0 Å². The lowest BCUT2D eigenvalue weighted by Gasteiger charge is -2.00. The maximum Gasteiger partial charge on any atom is 0.138 e. The summed E-state index contributed by atoms with van der Waals surface area (Å²) in [6.07, 6.45) is 0. The smallest absolute Gasteiger partial charge is 0.138 e. The van der Waals surface area contributed by atoms with Gasteiger partial charge in [0, 0.05) is 5.56 Å². The SMILES string of the molecule is Cc1cc(C)c2nc(-c3ccc(C)c(O)c3)[nH]c2c1. The summed E-state index contributed by atoms with van der Waals surface area (Å²) in [5.74, 6) is 1.09. The standard InChI is InChI=1S/C16H16N2O/c1-9-6-11(3)15-13(7-9)17-16(18-15)12-5-4-10(2)14(19)8-12/h4-8,19H,1-3H3,(H,17,18). The van der Waals surface area contributed by atoms with E-state index in [1.54, 1.807) is 6.07 Å². The van der Waals surface area contributed by atoms with Crippen LogP contribution in [0.15, 0.2) is 30.3 Å². The van der Waals surface area contributed by atoms with E-state index in [-0.39, 0.29) is 0 Å². The van der Waals surface area contributed by atoms with Gasteiger partial charge in [0.15, 0.2) is 0 Å². The third-order valence-electron chi connectivity index (χ3n) is 3.40. The van der Waals surface area contributed by atoms with Gasteiger partial charge in [0.25, 0.3) is 0 Å². The van der Waals surface area contributed by atoms with E-state index in [1.165, 1.54) is 5.56 Å². The molecule has 0 atom stereocenters. The molecule has 2 N–H and O–H groups in total. The van der Waals surface area contributed by atoms with Crippen molar-refractivity contribution in [1.29, 1.82) is 0 Å². The fourth-order valence-electron chi connectivity index (χ4n) is 2.36. The summed E-state index contributed by atoms with van der Waals surface area (Å²) in [5, 5.41) is 9.79. The largest absolute Gasteiger partial charge is 0.508 e. The van der Waals surface area contributed by atoms with Crippen molar-refractivity contribution in [3.8, 4) is 17.1 Å². The van der Waals surface area contributed by atoms with E-state index in [4.69, 9.17) is 0 Å². The number of aromatic hydroxyl groups is 1. The third kappa shape index (κ3) is 1.97. The molecule has 0 aliphatic carbocycles. The van der Waals surface area contributed by atoms with E-state index >= 15 is 0 Å². The predicted molar refractivity (Wildman–Crippen MR) is 77.4 cm³/mol. The second-order valence-electron chi connectivity index (χ2n) is 5.06. The molecule has 19 heavy (non-hydrogen) atoms. The normalized spacial score (nSPS) is 11.1. The maximum absolute atomic E-state index is 9.79. The Hall–Kier alpha value is -2.29. The Morgan fingerprint density at radius 2 is 1.79 bits per heavy atom. The van der Waals surface area contributed by atoms with Gasteiger partial charge >= 0.3 is 0 Å². The summed E-state index contributed by atoms with van der Waals surface area (Å²) in [5.41, 5.74) is 6.16. The molecule has 0 saturated carbocycles. The number of nitrogens with zero attached hydrogens (tertiary/aromatic N) is 1. The number of aromatic nitrogens is 2. The minimum Gasteiger partial charge on any atom is -0.508 e. The average Bonchev–Trinajstić information content (AvgIpc) is 2.76. The molecular weight excluding hydrogens is 236 g/mol. The topological polar surface area (TPSA) is 48.9 Å². The highest BCUT2D eigenvalue weighted by Crippen LogP contribution is 2.27. The molecular formula is C16H16N2O. The van der Waals surface area contributed by atoms with Crippen molar-refractivity contribution in [3.05, 3.63) is 47.0 Å². The van der Waals surface area contributed by atoms with Gasteiger partial charge in [-0.05, 0) is 49.6 Å². The van der Waals surface area contributed by atoms with Crippen LogP contribution in [0.3, 0.4) is 0 Å². The van der Waals surface area contributed by atoms with Crippen LogP contribution in [0.4, 0.5) is 0 Å². The van der Waals surface area contributed by atoms with Gasteiger partial charge in [0.2, 0.25) is 0 Å². The molecule has 0 bridgehead atoms. The molecule has 3 nitrogen and oxygen atoms in total. The molecule has 0 amide bonds. The van der Waals surface area contributed by atoms with Crippen LogP contribution < -0.4 is 0 Å². The lowest BCUT2D eigenvalue weighted by Crippen LogP contribution is -1.82. The van der Waals surface area contributed by atoms with Gasteiger partial charge in [0.05, 0.1) is 11.0 Å². The predicted octanol–water partition coefficient (Wildman–Crippen LogP) is 3.86. The summed E-state index contributed by atoms with van der Waals surface area (Å²) in [6.45, 7) is 6.02. The van der Waals surface area contributed by atoms with E-state index in [2.05, 4.69) is 35.9 Å². The molecule has 0 unspecified atom stereocenters. The van der Waals surface area contributed by atoms with Gasteiger partial charge in [-0.1, -0.05) is 18.2 Å². The molecule has 3 aromatic rings. The quantitative estimate of drug-likeness (QED) is 0.691. The van der Waals surface area contributed by atoms with Crippen molar-refractivity contribution >= 4 is 11.0 Å². The van der Waals surface area contributed by atoms with Crippen molar-refractivity contribution in [1.82, 2.24) is 9.97 Å². The highest BCUT2D eigenvalue weighted by Gasteiger charge is 2.09. The minimum atomic E-state index is 0.297. The zero-order chi connectivity index (χ0) is 13.6. The monoisotopic (exact) mass is 252 g/mol. The van der Waals surface area contributed by atoms with Gasteiger partial charge in [0.1, 0.15) is 11.6 Å². The number of aromatic amines is 1. The molecule has 1 aromatic heterocycles. The number of aryl methyl sites for hydroxylation is 3. The zero-order valence-corrected chi connectivity index (χ0v) is 11.3. The number of benzene rings is 2. The van der Waals surface area contributed by atoms with Crippen LogP contribution in [0.5, 0.6) is 5.75 Å². The van der Waals surface area contributed by atoms with Gasteiger partial charge in [-0.15, -0.1) is 0 Å². The number of hydrogen-bond acceptors (Lipinski definition) is 2. The highest BCUT2D eigenvalue weighted by atomic mass is 16.3. The second kappa shape index (κ2) is 4.12. The fraction of sp³-hybridized carbons (Fsp3) is 0.188. The Labute approximate surface area is 111 Å². The second-order valence-corrected chi connectivity index (χ2v) is 5.06. The van der Waals surface area contributed by atoms with Crippen LogP contribution in [0.25, 0.3) is 22.4 Å². The number of hydrogen-bond donors (Lipinski definition) is 2. The molecule has 0 radical (unpaired) electrons. The van der Waals surface area contributed by atoms with E-state index in [1.807, 2.05) is 19.1 Å². The van der Waals surface area contributed by atoms with Gasteiger partial charge in [-0.2, -0.15) is 0 Å². The molecule has 0 fully saturated rings. The number of fused-ring (bicyclic) bond motifs is 1. The van der Waals surface area contributed by atoms with Gasteiger partial charge in [-0.25, -0.2) is 4.98 Å². The van der Waals surface area contributed by atoms with Crippen LogP contribution >= 0.6 is 0 Å². The number of H-pyrrole nitrogens is 1. The summed E-state index contributed by atoms with van der Waals surface area (Å²) in [7, 11) is 0. The lowest BCUT2D eigenvalue weighted by molar-refractivity contribution is 0.471. The third-order valence-corrected chi connectivity index (χ3v) is 3.40. The first-order valence-corrected chi connectivity index (χ1v) is 6.31. The first-order valence-electron chi connectivity index (χ1n) is 6.31. The number of rotatable bonds is 1. The number of imidazole rings is 1. The molecule has 3 heteroatoms. The summed E-state index contributed by atoms with van der Waals surface area (Å²) in [4.78, 5) is 7.95. The van der Waals surface area contributed by atoms with Gasteiger partial charge < -0.3 is 10.1 Å². The highest BCUT2D eigenvalue weighted by molar-refractivity contribution is 5.83. The van der Waals surface area contributed by atoms with Crippen molar-refractivity contribution in [3.63, 3.8) is 0 Å². The number of phenolic OH excluding ortho intramolecular Hbond substituents is 1. The molecule has 96 valence electrons. The van der Waals surface area contributed by atoms with Gasteiger partial charge in [-0.3, -0.25) is 0 Å². The Bertz CT molecular complexity index is 772. The Morgan fingerprint density at radius 3 is 2.53 bits per heavy atom. The maximum atomic E-state index is 9.79.